The second-order valence-corrected chi connectivity index (χ2v) is 5.49. The molecule has 1 unspecified atom stereocenters. The van der Waals surface area contributed by atoms with Crippen molar-refractivity contribution in [2.45, 2.75) is 31.9 Å². The van der Waals surface area contributed by atoms with Crippen molar-refractivity contribution in [2.75, 3.05) is 20.7 Å². The van der Waals surface area contributed by atoms with E-state index in [1.165, 1.54) is 4.90 Å². The Hall–Kier alpha value is -1.40. The number of hydrogen-bond donors (Lipinski definition) is 1. The summed E-state index contributed by atoms with van der Waals surface area (Å²) in [7, 11) is 3.23. The number of likely N-dealkylation sites (N-methyl/N-ethyl adjacent to an activating group) is 1. The van der Waals surface area contributed by atoms with Gasteiger partial charge in [0.25, 0.3) is 5.92 Å². The van der Waals surface area contributed by atoms with E-state index in [0.29, 0.717) is 6.54 Å². The molecule has 1 aromatic rings. The van der Waals surface area contributed by atoms with Crippen LogP contribution in [0.25, 0.3) is 0 Å². The van der Waals surface area contributed by atoms with Crippen molar-refractivity contribution in [3.8, 4) is 5.75 Å². The topological polar surface area (TPSA) is 41.6 Å². The molecule has 1 aliphatic heterocycles. The van der Waals surface area contributed by atoms with Crippen LogP contribution in [0.5, 0.6) is 5.75 Å². The van der Waals surface area contributed by atoms with Crippen molar-refractivity contribution < 1.29 is 18.3 Å². The zero-order chi connectivity index (χ0) is 15.6. The number of benzene rings is 1. The molecule has 1 N–H and O–H groups in total. The van der Waals surface area contributed by atoms with Gasteiger partial charge < -0.3 is 9.64 Å². The van der Waals surface area contributed by atoms with Crippen molar-refractivity contribution in [2.24, 2.45) is 0 Å². The third kappa shape index (κ3) is 4.30. The van der Waals surface area contributed by atoms with E-state index in [0.717, 1.165) is 16.9 Å². The number of rotatable bonds is 4. The Morgan fingerprint density at radius 2 is 2.18 bits per heavy atom. The second-order valence-electron chi connectivity index (χ2n) is 5.49. The molecule has 1 fully saturated rings. The van der Waals surface area contributed by atoms with E-state index in [2.05, 4.69) is 5.32 Å². The molecule has 1 aromatic carbocycles. The quantitative estimate of drug-likeness (QED) is 0.919. The van der Waals surface area contributed by atoms with Gasteiger partial charge in [-0.05, 0) is 24.1 Å². The van der Waals surface area contributed by atoms with Gasteiger partial charge in [-0.2, -0.15) is 0 Å². The van der Waals surface area contributed by atoms with Gasteiger partial charge in [-0.3, -0.25) is 10.1 Å². The van der Waals surface area contributed by atoms with Crippen LogP contribution in [0.2, 0.25) is 0 Å². The summed E-state index contributed by atoms with van der Waals surface area (Å²) in [6.07, 6.45) is -0.433. The molecule has 2 rings (SSSR count). The Bertz CT molecular complexity index is 540. The fourth-order valence-corrected chi connectivity index (χ4v) is 2.55. The first-order valence-electron chi connectivity index (χ1n) is 6.82. The molecule has 1 amide bonds. The standard InChI is InChI=1S/C15H20F2N2O2.ClH/c1-10-6-11(4-5-13(10)21-3)8-19(2)14(20)12-7-15(16,17)9-18-12;/h4-6,12,18H,7-9H2,1-3H3;1H. The Labute approximate surface area is 135 Å². The number of methoxy groups -OCH3 is 1. The Morgan fingerprint density at radius 3 is 2.68 bits per heavy atom. The predicted molar refractivity (Wildman–Crippen MR) is 82.8 cm³/mol. The van der Waals surface area contributed by atoms with Crippen LogP contribution in [0, 0.1) is 6.92 Å². The van der Waals surface area contributed by atoms with E-state index in [4.69, 9.17) is 4.74 Å². The molecule has 1 atom stereocenters. The van der Waals surface area contributed by atoms with Gasteiger partial charge in [0.15, 0.2) is 0 Å². The van der Waals surface area contributed by atoms with Gasteiger partial charge in [-0.15, -0.1) is 12.4 Å². The SMILES string of the molecule is COc1ccc(CN(C)C(=O)C2CC(F)(F)CN2)cc1C.Cl. The minimum absolute atomic E-state index is 0. The molecule has 0 spiro atoms. The lowest BCUT2D eigenvalue weighted by Gasteiger charge is -2.21. The maximum Gasteiger partial charge on any atom is 0.262 e. The molecular formula is C15H21ClF2N2O2. The Kier molecular flexibility index (Phi) is 6.14. The normalized spacial score (nSPS) is 19.4. The first-order valence-corrected chi connectivity index (χ1v) is 6.82. The summed E-state index contributed by atoms with van der Waals surface area (Å²) in [6.45, 7) is 1.87. The van der Waals surface area contributed by atoms with Crippen LogP contribution in [0.1, 0.15) is 17.5 Å². The summed E-state index contributed by atoms with van der Waals surface area (Å²) >= 11 is 0. The van der Waals surface area contributed by atoms with Gasteiger partial charge in [-0.1, -0.05) is 12.1 Å². The van der Waals surface area contributed by atoms with Crippen LogP contribution in [-0.2, 0) is 11.3 Å². The van der Waals surface area contributed by atoms with Crippen LogP contribution in [0.15, 0.2) is 18.2 Å². The van der Waals surface area contributed by atoms with E-state index in [-0.39, 0.29) is 18.3 Å². The highest BCUT2D eigenvalue weighted by Gasteiger charge is 2.43. The number of carbonyl (C=O) groups is 1. The summed E-state index contributed by atoms with van der Waals surface area (Å²) in [5.74, 6) is -2.32. The number of amides is 1. The predicted octanol–water partition coefficient (Wildman–Crippen LogP) is 2.38. The lowest BCUT2D eigenvalue weighted by atomic mass is 10.1. The van der Waals surface area contributed by atoms with Gasteiger partial charge >= 0.3 is 0 Å². The lowest BCUT2D eigenvalue weighted by Crippen LogP contribution is -2.41. The van der Waals surface area contributed by atoms with Crippen molar-refractivity contribution in [3.05, 3.63) is 29.3 Å². The molecule has 7 heteroatoms. The molecule has 0 saturated carbocycles. The third-order valence-electron chi connectivity index (χ3n) is 3.66. The van der Waals surface area contributed by atoms with E-state index in [9.17, 15) is 13.6 Å². The number of alkyl halides is 2. The molecule has 4 nitrogen and oxygen atoms in total. The Balaban J connectivity index is 0.00000242. The van der Waals surface area contributed by atoms with Gasteiger partial charge in [0.1, 0.15) is 5.75 Å². The van der Waals surface area contributed by atoms with Crippen LogP contribution < -0.4 is 10.1 Å². The van der Waals surface area contributed by atoms with Gasteiger partial charge in [0.05, 0.1) is 19.7 Å². The second kappa shape index (κ2) is 7.24. The summed E-state index contributed by atoms with van der Waals surface area (Å²) < 4.78 is 31.5. The first kappa shape index (κ1) is 18.6. The summed E-state index contributed by atoms with van der Waals surface area (Å²) in [5, 5.41) is 2.58. The number of nitrogens with one attached hydrogen (secondary N) is 1. The van der Waals surface area contributed by atoms with E-state index < -0.39 is 24.9 Å². The smallest absolute Gasteiger partial charge is 0.262 e. The number of nitrogens with zero attached hydrogens (tertiary/aromatic N) is 1. The highest BCUT2D eigenvalue weighted by molar-refractivity contribution is 5.85. The zero-order valence-electron chi connectivity index (χ0n) is 12.9. The zero-order valence-corrected chi connectivity index (χ0v) is 13.7. The molecule has 0 aromatic heterocycles. The number of halogens is 3. The minimum Gasteiger partial charge on any atom is -0.496 e. The van der Waals surface area contributed by atoms with Crippen molar-refractivity contribution in [1.82, 2.24) is 10.2 Å². The van der Waals surface area contributed by atoms with Crippen LogP contribution >= 0.6 is 12.4 Å². The third-order valence-corrected chi connectivity index (χ3v) is 3.66. The van der Waals surface area contributed by atoms with E-state index in [1.807, 2.05) is 25.1 Å². The van der Waals surface area contributed by atoms with Gasteiger partial charge in [-0.25, -0.2) is 8.78 Å². The number of hydrogen-bond acceptors (Lipinski definition) is 3. The average molecular weight is 335 g/mol. The molecular weight excluding hydrogens is 314 g/mol. The van der Waals surface area contributed by atoms with Gasteiger partial charge in [0.2, 0.25) is 5.91 Å². The maximum absolute atomic E-state index is 13.1. The largest absolute Gasteiger partial charge is 0.496 e. The first-order chi connectivity index (χ1) is 9.82. The Morgan fingerprint density at radius 1 is 1.50 bits per heavy atom. The highest BCUT2D eigenvalue weighted by atomic mass is 35.5. The van der Waals surface area contributed by atoms with Crippen molar-refractivity contribution in [1.29, 1.82) is 0 Å². The number of aryl methyl sites for hydroxylation is 1. The van der Waals surface area contributed by atoms with Crippen LogP contribution in [0.3, 0.4) is 0 Å². The van der Waals surface area contributed by atoms with Crippen molar-refractivity contribution in [3.63, 3.8) is 0 Å². The van der Waals surface area contributed by atoms with Crippen molar-refractivity contribution >= 4 is 18.3 Å². The highest BCUT2D eigenvalue weighted by Crippen LogP contribution is 2.26. The molecule has 0 bridgehead atoms. The average Bonchev–Trinajstić information content (AvgIpc) is 2.78. The summed E-state index contributed by atoms with van der Waals surface area (Å²) in [5.41, 5.74) is 1.91. The van der Waals surface area contributed by atoms with Gasteiger partial charge in [0, 0.05) is 20.0 Å². The molecule has 0 radical (unpaired) electrons. The van der Waals surface area contributed by atoms with E-state index >= 15 is 0 Å². The number of carbonyl (C=O) groups excluding carboxylic acids is 1. The maximum atomic E-state index is 13.1. The fraction of sp³-hybridized carbons (Fsp3) is 0.533. The number of ether oxygens (including phenoxy) is 1. The lowest BCUT2D eigenvalue weighted by molar-refractivity contribution is -0.132. The molecule has 1 aliphatic rings. The van der Waals surface area contributed by atoms with Crippen LogP contribution in [-0.4, -0.2) is 43.5 Å². The molecule has 1 saturated heterocycles. The summed E-state index contributed by atoms with van der Waals surface area (Å²) in [4.78, 5) is 13.6. The monoisotopic (exact) mass is 334 g/mol. The minimum atomic E-state index is -2.79. The molecule has 124 valence electrons. The van der Waals surface area contributed by atoms with Crippen LogP contribution in [0.4, 0.5) is 8.78 Å². The fourth-order valence-electron chi connectivity index (χ4n) is 2.55. The molecule has 0 aliphatic carbocycles. The summed E-state index contributed by atoms with van der Waals surface area (Å²) in [6, 6.07) is 4.83. The molecule has 1 heterocycles. The van der Waals surface area contributed by atoms with E-state index in [1.54, 1.807) is 14.2 Å². The molecule has 22 heavy (non-hydrogen) atoms.